The molecule has 162 valence electrons. The van der Waals surface area contributed by atoms with E-state index in [1.54, 1.807) is 12.3 Å². The monoisotopic (exact) mass is 415 g/mol. The smallest absolute Gasteiger partial charge is 0.255 e. The standard InChI is InChI=1S/C23H30FN3O3/c1-16-14-18(6-7-21(16)30-13-9-24)17(2)27-15-20-19(23(27)29)8-10-25-22(20)26(3)11-4-5-12-28/h6-8,10,14,17,28H,4-5,9,11-13,15H2,1-3H3. The molecule has 1 aliphatic rings. The van der Waals surface area contributed by atoms with Crippen molar-refractivity contribution in [3.05, 3.63) is 52.7 Å². The van der Waals surface area contributed by atoms with Crippen LogP contribution >= 0.6 is 0 Å². The summed E-state index contributed by atoms with van der Waals surface area (Å²) in [6.07, 6.45) is 3.29. The van der Waals surface area contributed by atoms with Gasteiger partial charge in [0.15, 0.2) is 0 Å². The number of alkyl halides is 1. The zero-order chi connectivity index (χ0) is 21.7. The molecule has 2 aromatic rings. The number of aliphatic hydroxyl groups excluding tert-OH is 1. The maximum atomic E-state index is 13.1. The van der Waals surface area contributed by atoms with E-state index in [2.05, 4.69) is 9.88 Å². The molecule has 1 aromatic carbocycles. The number of unbranched alkanes of at least 4 members (excludes halogenated alkanes) is 1. The van der Waals surface area contributed by atoms with Gasteiger partial charge in [-0.2, -0.15) is 0 Å². The van der Waals surface area contributed by atoms with Gasteiger partial charge in [-0.3, -0.25) is 4.79 Å². The van der Waals surface area contributed by atoms with Crippen LogP contribution in [0, 0.1) is 6.92 Å². The van der Waals surface area contributed by atoms with Crippen molar-refractivity contribution in [2.24, 2.45) is 0 Å². The van der Waals surface area contributed by atoms with Crippen LogP contribution in [-0.4, -0.2) is 54.4 Å². The molecule has 30 heavy (non-hydrogen) atoms. The van der Waals surface area contributed by atoms with E-state index in [1.807, 2.05) is 44.0 Å². The van der Waals surface area contributed by atoms with E-state index >= 15 is 0 Å². The van der Waals surface area contributed by atoms with Gasteiger partial charge in [-0.05, 0) is 49.9 Å². The lowest BCUT2D eigenvalue weighted by atomic mass is 10.0. The number of aliphatic hydroxyl groups is 1. The van der Waals surface area contributed by atoms with Gasteiger partial charge in [-0.15, -0.1) is 0 Å². The van der Waals surface area contributed by atoms with Crippen LogP contribution in [0.1, 0.15) is 52.9 Å². The molecule has 1 N–H and O–H groups in total. The van der Waals surface area contributed by atoms with Crippen molar-refractivity contribution in [3.63, 3.8) is 0 Å². The number of carbonyl (C=O) groups excluding carboxylic acids is 1. The van der Waals surface area contributed by atoms with Crippen molar-refractivity contribution in [3.8, 4) is 5.75 Å². The third-order valence-corrected chi connectivity index (χ3v) is 5.60. The van der Waals surface area contributed by atoms with Crippen LogP contribution in [-0.2, 0) is 6.54 Å². The number of benzene rings is 1. The Balaban J connectivity index is 1.79. The van der Waals surface area contributed by atoms with Crippen molar-refractivity contribution >= 4 is 11.7 Å². The molecule has 7 heteroatoms. The first-order valence-corrected chi connectivity index (χ1v) is 10.4. The molecular formula is C23H30FN3O3. The zero-order valence-corrected chi connectivity index (χ0v) is 17.9. The number of carbonyl (C=O) groups is 1. The summed E-state index contributed by atoms with van der Waals surface area (Å²) in [5.74, 6) is 1.48. The molecule has 0 saturated carbocycles. The quantitative estimate of drug-likeness (QED) is 0.600. The number of hydrogen-bond acceptors (Lipinski definition) is 5. The van der Waals surface area contributed by atoms with Gasteiger partial charge in [0.05, 0.1) is 12.6 Å². The number of aryl methyl sites for hydroxylation is 1. The Kier molecular flexibility index (Phi) is 7.26. The van der Waals surface area contributed by atoms with Gasteiger partial charge in [0.25, 0.3) is 5.91 Å². The fourth-order valence-electron chi connectivity index (χ4n) is 3.87. The van der Waals surface area contributed by atoms with Gasteiger partial charge in [-0.1, -0.05) is 12.1 Å². The summed E-state index contributed by atoms with van der Waals surface area (Å²) in [7, 11) is 1.97. The third-order valence-electron chi connectivity index (χ3n) is 5.60. The fourth-order valence-corrected chi connectivity index (χ4v) is 3.87. The molecule has 0 fully saturated rings. The Morgan fingerprint density at radius 2 is 2.13 bits per heavy atom. The Labute approximate surface area is 177 Å². The van der Waals surface area contributed by atoms with Gasteiger partial charge in [0, 0.05) is 37.5 Å². The highest BCUT2D eigenvalue weighted by Crippen LogP contribution is 2.36. The summed E-state index contributed by atoms with van der Waals surface area (Å²) >= 11 is 0. The van der Waals surface area contributed by atoms with E-state index in [9.17, 15) is 9.18 Å². The molecule has 1 unspecified atom stereocenters. The van der Waals surface area contributed by atoms with Gasteiger partial charge >= 0.3 is 0 Å². The summed E-state index contributed by atoms with van der Waals surface area (Å²) in [6.45, 7) is 4.90. The second-order valence-corrected chi connectivity index (χ2v) is 7.68. The van der Waals surface area contributed by atoms with E-state index in [4.69, 9.17) is 9.84 Å². The lowest BCUT2D eigenvalue weighted by Gasteiger charge is -2.26. The number of nitrogens with zero attached hydrogens (tertiary/aromatic N) is 3. The molecule has 1 amide bonds. The summed E-state index contributed by atoms with van der Waals surface area (Å²) < 4.78 is 17.8. The first kappa shape index (κ1) is 22.0. The minimum Gasteiger partial charge on any atom is -0.491 e. The van der Waals surface area contributed by atoms with Crippen molar-refractivity contribution in [2.75, 3.05) is 38.4 Å². The van der Waals surface area contributed by atoms with Crippen LogP contribution in [0.4, 0.5) is 10.2 Å². The Morgan fingerprint density at radius 1 is 1.33 bits per heavy atom. The van der Waals surface area contributed by atoms with E-state index in [0.29, 0.717) is 17.9 Å². The number of aromatic nitrogens is 1. The van der Waals surface area contributed by atoms with Gasteiger partial charge in [0.1, 0.15) is 24.8 Å². The second kappa shape index (κ2) is 9.89. The number of amides is 1. The van der Waals surface area contributed by atoms with E-state index in [-0.39, 0.29) is 25.2 Å². The van der Waals surface area contributed by atoms with Crippen LogP contribution in [0.2, 0.25) is 0 Å². The number of hydrogen-bond donors (Lipinski definition) is 1. The number of halogens is 1. The van der Waals surface area contributed by atoms with Crippen LogP contribution in [0.15, 0.2) is 30.5 Å². The summed E-state index contributed by atoms with van der Waals surface area (Å²) in [6, 6.07) is 7.43. The van der Waals surface area contributed by atoms with Crippen LogP contribution in [0.5, 0.6) is 5.75 Å². The molecule has 0 aliphatic carbocycles. The SMILES string of the molecule is Cc1cc(C(C)N2Cc3c(ccnc3N(C)CCCCO)C2=O)ccc1OCCF. The molecule has 1 aromatic heterocycles. The normalized spacial score (nSPS) is 14.0. The molecule has 0 saturated heterocycles. The first-order valence-electron chi connectivity index (χ1n) is 10.4. The molecule has 0 bridgehead atoms. The average molecular weight is 416 g/mol. The molecule has 6 nitrogen and oxygen atoms in total. The molecule has 0 spiro atoms. The number of ether oxygens (including phenoxy) is 1. The lowest BCUT2D eigenvalue weighted by Crippen LogP contribution is -2.27. The maximum Gasteiger partial charge on any atom is 0.255 e. The number of anilines is 1. The fraction of sp³-hybridized carbons (Fsp3) is 0.478. The third kappa shape index (κ3) is 4.56. The predicted octanol–water partition coefficient (Wildman–Crippen LogP) is 3.66. The van der Waals surface area contributed by atoms with Crippen molar-refractivity contribution in [2.45, 2.75) is 39.3 Å². The van der Waals surface area contributed by atoms with Gasteiger partial charge in [-0.25, -0.2) is 9.37 Å². The van der Waals surface area contributed by atoms with Crippen LogP contribution < -0.4 is 9.64 Å². The highest BCUT2D eigenvalue weighted by molar-refractivity contribution is 5.99. The van der Waals surface area contributed by atoms with Crippen LogP contribution in [0.3, 0.4) is 0 Å². The Hall–Kier alpha value is -2.67. The van der Waals surface area contributed by atoms with Crippen LogP contribution in [0.25, 0.3) is 0 Å². The minimum absolute atomic E-state index is 0.000294. The maximum absolute atomic E-state index is 13.1. The van der Waals surface area contributed by atoms with Crippen molar-refractivity contribution in [1.82, 2.24) is 9.88 Å². The second-order valence-electron chi connectivity index (χ2n) is 7.68. The zero-order valence-electron chi connectivity index (χ0n) is 17.9. The summed E-state index contributed by atoms with van der Waals surface area (Å²) in [5.41, 5.74) is 3.57. The molecule has 0 radical (unpaired) electrons. The first-order chi connectivity index (χ1) is 14.5. The molecule has 1 aliphatic heterocycles. The largest absolute Gasteiger partial charge is 0.491 e. The topological polar surface area (TPSA) is 65.9 Å². The van der Waals surface area contributed by atoms with Crippen molar-refractivity contribution < 1.29 is 19.0 Å². The van der Waals surface area contributed by atoms with E-state index < -0.39 is 6.67 Å². The Morgan fingerprint density at radius 3 is 2.83 bits per heavy atom. The summed E-state index contributed by atoms with van der Waals surface area (Å²) in [4.78, 5) is 21.5. The van der Waals surface area contributed by atoms with E-state index in [0.717, 1.165) is 41.9 Å². The van der Waals surface area contributed by atoms with Gasteiger partial charge in [0.2, 0.25) is 0 Å². The highest BCUT2D eigenvalue weighted by atomic mass is 19.1. The van der Waals surface area contributed by atoms with E-state index in [1.165, 1.54) is 0 Å². The minimum atomic E-state index is -0.525. The molecule has 1 atom stereocenters. The predicted molar refractivity (Wildman–Crippen MR) is 115 cm³/mol. The lowest BCUT2D eigenvalue weighted by molar-refractivity contribution is 0.0716. The number of fused-ring (bicyclic) bond motifs is 1. The number of rotatable bonds is 10. The number of pyridine rings is 1. The molecule has 2 heterocycles. The Bertz CT molecular complexity index is 890. The molecule has 3 rings (SSSR count). The van der Waals surface area contributed by atoms with Gasteiger partial charge < -0.3 is 19.6 Å². The van der Waals surface area contributed by atoms with Crippen molar-refractivity contribution in [1.29, 1.82) is 0 Å². The summed E-state index contributed by atoms with van der Waals surface area (Å²) in [5, 5.41) is 9.01. The average Bonchev–Trinajstić information content (AvgIpc) is 3.09. The molecular weight excluding hydrogens is 385 g/mol. The highest BCUT2D eigenvalue weighted by Gasteiger charge is 2.34.